The molecule has 14 heavy (non-hydrogen) atoms. The molecule has 0 aliphatic carbocycles. The zero-order valence-corrected chi connectivity index (χ0v) is 7.99. The van der Waals surface area contributed by atoms with Crippen molar-refractivity contribution in [2.45, 2.75) is 13.0 Å². The Labute approximate surface area is 82.2 Å². The number of hydrogen-bond acceptors (Lipinski definition) is 3. The number of carboxylic acid groups (broad SMARTS) is 1. The largest absolute Gasteiger partial charge is 0.478 e. The molecular formula is C10H13NO3. The minimum Gasteiger partial charge on any atom is -0.478 e. The lowest BCUT2D eigenvalue weighted by Crippen LogP contribution is -2.23. The minimum atomic E-state index is -0.982. The smallest absolute Gasteiger partial charge is 0.332 e. The van der Waals surface area contributed by atoms with E-state index in [4.69, 9.17) is 9.52 Å². The average Bonchev–Trinajstić information content (AvgIpc) is 2.66. The van der Waals surface area contributed by atoms with Crippen LogP contribution in [0.3, 0.4) is 0 Å². The van der Waals surface area contributed by atoms with Crippen LogP contribution in [-0.4, -0.2) is 17.6 Å². The third-order valence-corrected chi connectivity index (χ3v) is 1.89. The first-order valence-electron chi connectivity index (χ1n) is 4.29. The number of nitrogens with one attached hydrogen (secondary N) is 1. The molecule has 0 aliphatic heterocycles. The Morgan fingerprint density at radius 3 is 3.00 bits per heavy atom. The molecule has 4 nitrogen and oxygen atoms in total. The third-order valence-electron chi connectivity index (χ3n) is 1.89. The predicted octanol–water partition coefficient (Wildman–Crippen LogP) is 1.57. The SMILES string of the molecule is C=C(CN[C@@H](C)c1ccco1)C(=O)O. The molecule has 1 aromatic heterocycles. The van der Waals surface area contributed by atoms with Crippen molar-refractivity contribution in [3.63, 3.8) is 0 Å². The Hall–Kier alpha value is -1.55. The molecule has 0 bridgehead atoms. The summed E-state index contributed by atoms with van der Waals surface area (Å²) in [6.45, 7) is 5.56. The molecule has 1 rings (SSSR count). The number of rotatable bonds is 5. The maximum atomic E-state index is 10.4. The number of hydrogen-bond donors (Lipinski definition) is 2. The second kappa shape index (κ2) is 4.62. The van der Waals surface area contributed by atoms with Gasteiger partial charge in [-0.1, -0.05) is 6.58 Å². The van der Waals surface area contributed by atoms with Crippen molar-refractivity contribution in [3.8, 4) is 0 Å². The van der Waals surface area contributed by atoms with Gasteiger partial charge in [0, 0.05) is 12.1 Å². The van der Waals surface area contributed by atoms with Gasteiger partial charge in [0.1, 0.15) is 5.76 Å². The van der Waals surface area contributed by atoms with E-state index in [9.17, 15) is 4.79 Å². The molecule has 0 radical (unpaired) electrons. The van der Waals surface area contributed by atoms with E-state index in [1.165, 1.54) is 0 Å². The summed E-state index contributed by atoms with van der Waals surface area (Å²) in [6.07, 6.45) is 1.58. The van der Waals surface area contributed by atoms with E-state index < -0.39 is 5.97 Å². The van der Waals surface area contributed by atoms with Crippen LogP contribution in [0.5, 0.6) is 0 Å². The van der Waals surface area contributed by atoms with Crippen molar-refractivity contribution in [2.75, 3.05) is 6.54 Å². The monoisotopic (exact) mass is 195 g/mol. The van der Waals surface area contributed by atoms with Gasteiger partial charge in [-0.25, -0.2) is 4.79 Å². The predicted molar refractivity (Wildman–Crippen MR) is 51.9 cm³/mol. The van der Waals surface area contributed by atoms with Crippen molar-refractivity contribution in [2.24, 2.45) is 0 Å². The van der Waals surface area contributed by atoms with Gasteiger partial charge in [-0.3, -0.25) is 0 Å². The number of carboxylic acids is 1. The van der Waals surface area contributed by atoms with Gasteiger partial charge in [-0.05, 0) is 19.1 Å². The van der Waals surface area contributed by atoms with Crippen LogP contribution in [0.15, 0.2) is 35.0 Å². The fourth-order valence-electron chi connectivity index (χ4n) is 0.990. The zero-order chi connectivity index (χ0) is 10.6. The highest BCUT2D eigenvalue weighted by molar-refractivity contribution is 5.86. The van der Waals surface area contributed by atoms with E-state index in [2.05, 4.69) is 11.9 Å². The lowest BCUT2D eigenvalue weighted by atomic mass is 10.2. The second-order valence-electron chi connectivity index (χ2n) is 3.03. The van der Waals surface area contributed by atoms with Crippen molar-refractivity contribution in [3.05, 3.63) is 36.3 Å². The molecule has 1 aromatic rings. The van der Waals surface area contributed by atoms with Gasteiger partial charge in [0.15, 0.2) is 0 Å². The maximum absolute atomic E-state index is 10.4. The van der Waals surface area contributed by atoms with Gasteiger partial charge in [-0.2, -0.15) is 0 Å². The first-order chi connectivity index (χ1) is 6.61. The molecule has 0 unspecified atom stereocenters. The summed E-state index contributed by atoms with van der Waals surface area (Å²) in [7, 11) is 0. The van der Waals surface area contributed by atoms with Gasteiger partial charge in [0.25, 0.3) is 0 Å². The van der Waals surface area contributed by atoms with E-state index in [0.29, 0.717) is 0 Å². The highest BCUT2D eigenvalue weighted by Gasteiger charge is 2.09. The van der Waals surface area contributed by atoms with Gasteiger partial charge >= 0.3 is 5.97 Å². The van der Waals surface area contributed by atoms with Crippen LogP contribution in [0.25, 0.3) is 0 Å². The molecule has 1 heterocycles. The highest BCUT2D eigenvalue weighted by Crippen LogP contribution is 2.11. The van der Waals surface area contributed by atoms with E-state index in [1.54, 1.807) is 12.3 Å². The standard InChI is InChI=1S/C10H13NO3/c1-7(10(12)13)6-11-8(2)9-4-3-5-14-9/h3-5,8,11H,1,6H2,2H3,(H,12,13)/t8-/m0/s1. The summed E-state index contributed by atoms with van der Waals surface area (Å²) < 4.78 is 5.15. The molecule has 0 amide bonds. The van der Waals surface area contributed by atoms with Gasteiger partial charge < -0.3 is 14.8 Å². The number of aliphatic carboxylic acids is 1. The van der Waals surface area contributed by atoms with Crippen molar-refractivity contribution >= 4 is 5.97 Å². The Morgan fingerprint density at radius 2 is 2.50 bits per heavy atom. The van der Waals surface area contributed by atoms with Crippen molar-refractivity contribution in [1.82, 2.24) is 5.32 Å². The van der Waals surface area contributed by atoms with Crippen LogP contribution < -0.4 is 5.32 Å². The molecular weight excluding hydrogens is 182 g/mol. The van der Waals surface area contributed by atoms with Gasteiger partial charge in [0.2, 0.25) is 0 Å². The molecule has 0 saturated carbocycles. The van der Waals surface area contributed by atoms with Gasteiger partial charge in [0.05, 0.1) is 12.3 Å². The summed E-state index contributed by atoms with van der Waals surface area (Å²) in [5.74, 6) is -0.202. The highest BCUT2D eigenvalue weighted by atomic mass is 16.4. The quantitative estimate of drug-likeness (QED) is 0.700. The Kier molecular flexibility index (Phi) is 3.48. The molecule has 0 fully saturated rings. The van der Waals surface area contributed by atoms with Crippen LogP contribution in [0, 0.1) is 0 Å². The van der Waals surface area contributed by atoms with Crippen LogP contribution in [0.2, 0.25) is 0 Å². The molecule has 0 saturated heterocycles. The summed E-state index contributed by atoms with van der Waals surface area (Å²) in [4.78, 5) is 10.4. The molecule has 76 valence electrons. The normalized spacial score (nSPS) is 12.4. The Morgan fingerprint density at radius 1 is 1.79 bits per heavy atom. The van der Waals surface area contributed by atoms with E-state index in [-0.39, 0.29) is 18.2 Å². The number of furan rings is 1. The lowest BCUT2D eigenvalue weighted by molar-refractivity contribution is -0.132. The van der Waals surface area contributed by atoms with E-state index in [0.717, 1.165) is 5.76 Å². The van der Waals surface area contributed by atoms with Crippen molar-refractivity contribution < 1.29 is 14.3 Å². The Balaban J connectivity index is 2.39. The minimum absolute atomic E-state index is 0.0129. The molecule has 0 aromatic carbocycles. The fourth-order valence-corrected chi connectivity index (χ4v) is 0.990. The zero-order valence-electron chi connectivity index (χ0n) is 7.99. The number of carbonyl (C=O) groups is 1. The van der Waals surface area contributed by atoms with Crippen LogP contribution >= 0.6 is 0 Å². The molecule has 4 heteroatoms. The van der Waals surface area contributed by atoms with Crippen LogP contribution in [-0.2, 0) is 4.79 Å². The second-order valence-corrected chi connectivity index (χ2v) is 3.03. The van der Waals surface area contributed by atoms with Gasteiger partial charge in [-0.15, -0.1) is 0 Å². The Bertz CT molecular complexity index is 316. The fraction of sp³-hybridized carbons (Fsp3) is 0.300. The van der Waals surface area contributed by atoms with Crippen LogP contribution in [0.4, 0.5) is 0 Å². The third kappa shape index (κ3) is 2.74. The van der Waals surface area contributed by atoms with Crippen molar-refractivity contribution in [1.29, 1.82) is 0 Å². The molecule has 1 atom stereocenters. The summed E-state index contributed by atoms with van der Waals surface area (Å²) in [5, 5.41) is 11.6. The topological polar surface area (TPSA) is 62.5 Å². The first kappa shape index (κ1) is 10.5. The lowest BCUT2D eigenvalue weighted by Gasteiger charge is -2.10. The summed E-state index contributed by atoms with van der Waals surface area (Å²) in [5.41, 5.74) is 0.142. The maximum Gasteiger partial charge on any atom is 0.332 e. The van der Waals surface area contributed by atoms with Crippen LogP contribution in [0.1, 0.15) is 18.7 Å². The summed E-state index contributed by atoms with van der Waals surface area (Å²) >= 11 is 0. The first-order valence-corrected chi connectivity index (χ1v) is 4.29. The van der Waals surface area contributed by atoms with E-state index in [1.807, 2.05) is 13.0 Å². The average molecular weight is 195 g/mol. The summed E-state index contributed by atoms with van der Waals surface area (Å²) in [6, 6.07) is 3.61. The molecule has 2 N–H and O–H groups in total. The molecule has 0 aliphatic rings. The molecule has 0 spiro atoms. The van der Waals surface area contributed by atoms with E-state index >= 15 is 0 Å².